The highest BCUT2D eigenvalue weighted by atomic mass is 16.5. The number of carbonyl (C=O) groups is 2. The van der Waals surface area contributed by atoms with Gasteiger partial charge in [0.15, 0.2) is 5.82 Å². The molecule has 18 heavy (non-hydrogen) atoms. The van der Waals surface area contributed by atoms with E-state index in [9.17, 15) is 9.59 Å². The van der Waals surface area contributed by atoms with Crippen molar-refractivity contribution >= 4 is 17.6 Å². The van der Waals surface area contributed by atoms with Crippen molar-refractivity contribution in [3.05, 3.63) is 11.3 Å². The highest BCUT2D eigenvalue weighted by Gasteiger charge is 2.16. The summed E-state index contributed by atoms with van der Waals surface area (Å²) in [5, 5.41) is 11.3. The number of hydrogen-bond donors (Lipinski definition) is 4. The molecule has 1 aromatic heterocycles. The van der Waals surface area contributed by atoms with E-state index in [1.165, 1.54) is 0 Å². The summed E-state index contributed by atoms with van der Waals surface area (Å²) in [6, 6.07) is 0. The molecule has 0 saturated heterocycles. The Morgan fingerprint density at radius 3 is 2.72 bits per heavy atom. The summed E-state index contributed by atoms with van der Waals surface area (Å²) < 4.78 is 4.78. The third-order valence-electron chi connectivity index (χ3n) is 2.24. The fourth-order valence-corrected chi connectivity index (χ4v) is 1.34. The molecule has 1 heterocycles. The zero-order valence-electron chi connectivity index (χ0n) is 10.4. The maximum absolute atomic E-state index is 11.7. The number of H-pyrrole nitrogens is 1. The number of aryl methyl sites for hydroxylation is 1. The highest BCUT2D eigenvalue weighted by molar-refractivity contribution is 6.00. The van der Waals surface area contributed by atoms with Gasteiger partial charge in [-0.15, -0.1) is 0 Å². The van der Waals surface area contributed by atoms with Crippen molar-refractivity contribution in [2.75, 3.05) is 32.5 Å². The van der Waals surface area contributed by atoms with E-state index in [2.05, 4.69) is 20.8 Å². The predicted molar refractivity (Wildman–Crippen MR) is 65.0 cm³/mol. The van der Waals surface area contributed by atoms with Crippen molar-refractivity contribution in [3.8, 4) is 0 Å². The molecule has 0 spiro atoms. The van der Waals surface area contributed by atoms with Crippen LogP contribution in [0.3, 0.4) is 0 Å². The van der Waals surface area contributed by atoms with E-state index in [0.29, 0.717) is 18.8 Å². The van der Waals surface area contributed by atoms with Crippen LogP contribution in [0.1, 0.15) is 16.1 Å². The molecular formula is C10H17N5O3. The quantitative estimate of drug-likeness (QED) is 0.475. The molecular weight excluding hydrogens is 238 g/mol. The number of aromatic nitrogens is 2. The van der Waals surface area contributed by atoms with Gasteiger partial charge in [0, 0.05) is 19.3 Å². The minimum atomic E-state index is -0.430. The molecule has 0 fully saturated rings. The highest BCUT2D eigenvalue weighted by Crippen LogP contribution is 2.11. The van der Waals surface area contributed by atoms with Crippen molar-refractivity contribution in [2.45, 2.75) is 6.92 Å². The molecule has 0 aromatic carbocycles. The van der Waals surface area contributed by atoms with Crippen LogP contribution in [0.4, 0.5) is 5.82 Å². The maximum atomic E-state index is 11.7. The van der Waals surface area contributed by atoms with Crippen LogP contribution in [-0.4, -0.2) is 48.8 Å². The van der Waals surface area contributed by atoms with Crippen molar-refractivity contribution in [1.29, 1.82) is 0 Å². The minimum Gasteiger partial charge on any atom is -0.383 e. The van der Waals surface area contributed by atoms with E-state index >= 15 is 0 Å². The number of methoxy groups -OCH3 is 1. The van der Waals surface area contributed by atoms with Crippen molar-refractivity contribution in [3.63, 3.8) is 0 Å². The predicted octanol–water partition coefficient (Wildman–Crippen LogP) is -1.21. The maximum Gasteiger partial charge on any atom is 0.257 e. The number of nitrogens with zero attached hydrogens (tertiary/aromatic N) is 1. The molecule has 1 aromatic rings. The zero-order valence-corrected chi connectivity index (χ0v) is 10.4. The SMILES string of the molecule is COCCNC(=O)CNC(=O)c1c(N)n[nH]c1C. The van der Waals surface area contributed by atoms with E-state index in [-0.39, 0.29) is 23.8 Å². The number of amides is 2. The second-order valence-electron chi connectivity index (χ2n) is 3.63. The van der Waals surface area contributed by atoms with Crippen LogP contribution in [0.2, 0.25) is 0 Å². The van der Waals surface area contributed by atoms with Gasteiger partial charge in [0.05, 0.1) is 13.2 Å². The van der Waals surface area contributed by atoms with Gasteiger partial charge in [-0.3, -0.25) is 14.7 Å². The fraction of sp³-hybridized carbons (Fsp3) is 0.500. The largest absolute Gasteiger partial charge is 0.383 e. The van der Waals surface area contributed by atoms with E-state index in [1.807, 2.05) is 0 Å². The molecule has 0 bridgehead atoms. The number of carbonyl (C=O) groups excluding carboxylic acids is 2. The first-order valence-corrected chi connectivity index (χ1v) is 5.40. The lowest BCUT2D eigenvalue weighted by Crippen LogP contribution is -2.38. The summed E-state index contributed by atoms with van der Waals surface area (Å²) in [7, 11) is 1.54. The lowest BCUT2D eigenvalue weighted by molar-refractivity contribution is -0.120. The molecule has 0 atom stereocenters. The van der Waals surface area contributed by atoms with Gasteiger partial charge in [0.25, 0.3) is 5.91 Å². The Labute approximate surface area is 104 Å². The standard InChI is InChI=1S/C10H17N5O3/c1-6-8(9(11)15-14-6)10(17)13-5-7(16)12-3-4-18-2/h3-5H2,1-2H3,(H,12,16)(H,13,17)(H3,11,14,15). The lowest BCUT2D eigenvalue weighted by atomic mass is 10.2. The molecule has 0 saturated carbocycles. The summed E-state index contributed by atoms with van der Waals surface area (Å²) in [4.78, 5) is 23.1. The average molecular weight is 255 g/mol. The summed E-state index contributed by atoms with van der Waals surface area (Å²) in [5.74, 6) is -0.606. The summed E-state index contributed by atoms with van der Waals surface area (Å²) in [6.45, 7) is 2.38. The van der Waals surface area contributed by atoms with E-state index in [4.69, 9.17) is 10.5 Å². The van der Waals surface area contributed by atoms with Gasteiger partial charge in [-0.25, -0.2) is 0 Å². The number of nitrogens with one attached hydrogen (secondary N) is 3. The third-order valence-corrected chi connectivity index (χ3v) is 2.24. The van der Waals surface area contributed by atoms with Crippen LogP contribution in [0, 0.1) is 6.92 Å². The number of aromatic amines is 1. The van der Waals surface area contributed by atoms with Crippen LogP contribution in [0.5, 0.6) is 0 Å². The van der Waals surface area contributed by atoms with Crippen LogP contribution >= 0.6 is 0 Å². The normalized spacial score (nSPS) is 10.1. The number of anilines is 1. The van der Waals surface area contributed by atoms with Crippen LogP contribution in [-0.2, 0) is 9.53 Å². The number of nitrogens with two attached hydrogens (primary N) is 1. The Morgan fingerprint density at radius 2 is 2.17 bits per heavy atom. The molecule has 100 valence electrons. The van der Waals surface area contributed by atoms with Crippen LogP contribution in [0.25, 0.3) is 0 Å². The second-order valence-corrected chi connectivity index (χ2v) is 3.63. The molecule has 0 radical (unpaired) electrons. The van der Waals surface area contributed by atoms with E-state index in [1.54, 1.807) is 14.0 Å². The minimum absolute atomic E-state index is 0.116. The first kappa shape index (κ1) is 14.0. The Kier molecular flexibility index (Phi) is 5.12. The molecule has 8 heteroatoms. The fourth-order valence-electron chi connectivity index (χ4n) is 1.34. The average Bonchev–Trinajstić information content (AvgIpc) is 2.66. The topological polar surface area (TPSA) is 122 Å². The Balaban J connectivity index is 2.40. The molecule has 0 unspecified atom stereocenters. The molecule has 5 N–H and O–H groups in total. The van der Waals surface area contributed by atoms with E-state index < -0.39 is 5.91 Å². The van der Waals surface area contributed by atoms with Gasteiger partial charge in [-0.1, -0.05) is 0 Å². The summed E-state index contributed by atoms with van der Waals surface area (Å²) >= 11 is 0. The number of rotatable bonds is 6. The Morgan fingerprint density at radius 1 is 1.44 bits per heavy atom. The molecule has 8 nitrogen and oxygen atoms in total. The number of hydrogen-bond acceptors (Lipinski definition) is 5. The monoisotopic (exact) mass is 255 g/mol. The van der Waals surface area contributed by atoms with E-state index in [0.717, 1.165) is 0 Å². The molecule has 0 aliphatic carbocycles. The summed E-state index contributed by atoms with van der Waals surface area (Å²) in [6.07, 6.45) is 0. The van der Waals surface area contributed by atoms with Crippen molar-refractivity contribution in [1.82, 2.24) is 20.8 Å². The lowest BCUT2D eigenvalue weighted by Gasteiger charge is -2.06. The van der Waals surface area contributed by atoms with Crippen LogP contribution in [0.15, 0.2) is 0 Å². The second kappa shape index (κ2) is 6.60. The van der Waals surface area contributed by atoms with Gasteiger partial charge >= 0.3 is 0 Å². The molecule has 0 aliphatic heterocycles. The van der Waals surface area contributed by atoms with Crippen LogP contribution < -0.4 is 16.4 Å². The molecule has 2 amide bonds. The Hall–Kier alpha value is -2.09. The van der Waals surface area contributed by atoms with Gasteiger partial charge < -0.3 is 21.1 Å². The Bertz CT molecular complexity index is 410. The molecule has 0 aliphatic rings. The van der Waals surface area contributed by atoms with Gasteiger partial charge in [-0.05, 0) is 6.92 Å². The van der Waals surface area contributed by atoms with Gasteiger partial charge in [0.1, 0.15) is 5.56 Å². The molecule has 1 rings (SSSR count). The van der Waals surface area contributed by atoms with Gasteiger partial charge in [-0.2, -0.15) is 5.10 Å². The van der Waals surface area contributed by atoms with Crippen molar-refractivity contribution in [2.24, 2.45) is 0 Å². The third kappa shape index (κ3) is 3.74. The first-order valence-electron chi connectivity index (χ1n) is 5.40. The zero-order chi connectivity index (χ0) is 13.5. The number of ether oxygens (including phenoxy) is 1. The first-order chi connectivity index (χ1) is 8.56. The van der Waals surface area contributed by atoms with Gasteiger partial charge in [0.2, 0.25) is 5.91 Å². The number of nitrogen functional groups attached to an aromatic ring is 1. The summed E-state index contributed by atoms with van der Waals surface area (Å²) in [5.41, 5.74) is 6.35. The van der Waals surface area contributed by atoms with Crippen molar-refractivity contribution < 1.29 is 14.3 Å². The smallest absolute Gasteiger partial charge is 0.257 e.